The van der Waals surface area contributed by atoms with Crippen molar-refractivity contribution in [2.45, 2.75) is 51.8 Å². The Morgan fingerprint density at radius 3 is 3.03 bits per heavy atom. The predicted molar refractivity (Wildman–Crippen MR) is 127 cm³/mol. The fourth-order valence-electron chi connectivity index (χ4n) is 3.23. The molecule has 2 N–H and O–H groups in total. The molecule has 1 aliphatic rings. The van der Waals surface area contributed by atoms with Crippen LogP contribution >= 0.6 is 35.6 Å². The summed E-state index contributed by atoms with van der Waals surface area (Å²) in [5, 5.41) is 15.7. The average Bonchev–Trinajstić information content (AvgIpc) is 3.37. The van der Waals surface area contributed by atoms with Crippen LogP contribution in [-0.4, -0.2) is 46.5 Å². The Kier molecular flexibility index (Phi) is 10.2. The van der Waals surface area contributed by atoms with Crippen LogP contribution < -0.4 is 10.6 Å². The van der Waals surface area contributed by atoms with Gasteiger partial charge in [-0.25, -0.2) is 0 Å². The molecular weight excluding hydrogens is 503 g/mol. The number of guanidine groups is 1. The summed E-state index contributed by atoms with van der Waals surface area (Å²) in [5.41, 5.74) is 1.12. The molecule has 7 nitrogen and oxygen atoms in total. The second kappa shape index (κ2) is 12.3. The molecule has 0 bridgehead atoms. The van der Waals surface area contributed by atoms with Gasteiger partial charge in [0.15, 0.2) is 5.96 Å². The molecule has 2 heterocycles. The highest BCUT2D eigenvalue weighted by molar-refractivity contribution is 14.0. The van der Waals surface area contributed by atoms with Gasteiger partial charge in [0.05, 0.1) is 18.7 Å². The van der Waals surface area contributed by atoms with Crippen LogP contribution in [0.2, 0.25) is 5.02 Å². The van der Waals surface area contributed by atoms with E-state index in [0.29, 0.717) is 6.54 Å². The normalized spacial score (nSPS) is 17.6. The van der Waals surface area contributed by atoms with Crippen LogP contribution in [0.1, 0.15) is 44.1 Å². The van der Waals surface area contributed by atoms with E-state index < -0.39 is 0 Å². The summed E-state index contributed by atoms with van der Waals surface area (Å²) in [4.78, 5) is 4.75. The van der Waals surface area contributed by atoms with Crippen LogP contribution in [0.4, 0.5) is 0 Å². The lowest BCUT2D eigenvalue weighted by molar-refractivity contribution is 0.117. The molecule has 0 spiro atoms. The number of rotatable bonds is 8. The average molecular weight is 533 g/mol. The number of ether oxygens (including phenoxy) is 1. The summed E-state index contributed by atoms with van der Waals surface area (Å²) in [6, 6.07) is 7.96. The molecule has 3 rings (SSSR count). The van der Waals surface area contributed by atoms with E-state index >= 15 is 0 Å². The van der Waals surface area contributed by atoms with Crippen molar-refractivity contribution >= 4 is 41.5 Å². The third-order valence-corrected chi connectivity index (χ3v) is 5.07. The predicted octanol–water partition coefficient (Wildman–Crippen LogP) is 3.59. The number of aromatic nitrogens is 3. The van der Waals surface area contributed by atoms with Crippen molar-refractivity contribution in [3.8, 4) is 0 Å². The first kappa shape index (κ1) is 23.9. The van der Waals surface area contributed by atoms with E-state index in [1.54, 1.807) is 6.33 Å². The van der Waals surface area contributed by atoms with Gasteiger partial charge in [-0.05, 0) is 37.5 Å². The van der Waals surface area contributed by atoms with E-state index in [-0.39, 0.29) is 36.1 Å². The highest BCUT2D eigenvalue weighted by Crippen LogP contribution is 2.17. The molecule has 2 atom stereocenters. The van der Waals surface area contributed by atoms with Crippen LogP contribution in [0.25, 0.3) is 0 Å². The van der Waals surface area contributed by atoms with Crippen molar-refractivity contribution in [1.29, 1.82) is 0 Å². The minimum atomic E-state index is 0. The van der Waals surface area contributed by atoms with Gasteiger partial charge in [0, 0.05) is 31.1 Å². The van der Waals surface area contributed by atoms with Gasteiger partial charge < -0.3 is 19.9 Å². The van der Waals surface area contributed by atoms with Crippen molar-refractivity contribution in [3.63, 3.8) is 0 Å². The Morgan fingerprint density at radius 1 is 1.45 bits per heavy atom. The SMILES string of the molecule is CCc1nncn1CCNC(=NCC1CCCO1)NC(C)c1cccc(Cl)c1.I. The molecule has 9 heteroatoms. The minimum absolute atomic E-state index is 0. The van der Waals surface area contributed by atoms with Gasteiger partial charge in [-0.15, -0.1) is 34.2 Å². The third-order valence-electron chi connectivity index (χ3n) is 4.84. The van der Waals surface area contributed by atoms with E-state index in [9.17, 15) is 0 Å². The Balaban J connectivity index is 0.00000300. The molecule has 1 aliphatic heterocycles. The summed E-state index contributed by atoms with van der Waals surface area (Å²) in [5.74, 6) is 1.76. The standard InChI is InChI=1S/C20H29ClN6O.HI/c1-3-19-26-24-14-27(19)10-9-22-20(23-13-18-8-5-11-28-18)25-15(2)16-6-4-7-17(21)12-16;/h4,6-7,12,14-15,18H,3,5,8-11,13H2,1-2H3,(H2,22,23,25);1H. The molecule has 1 aromatic carbocycles. The maximum Gasteiger partial charge on any atom is 0.191 e. The van der Waals surface area contributed by atoms with Crippen molar-refractivity contribution < 1.29 is 4.74 Å². The molecule has 0 radical (unpaired) electrons. The Hall–Kier alpha value is -1.39. The zero-order valence-corrected chi connectivity index (χ0v) is 20.1. The van der Waals surface area contributed by atoms with Crippen LogP contribution in [0, 0.1) is 0 Å². The van der Waals surface area contributed by atoms with Crippen molar-refractivity contribution in [1.82, 2.24) is 25.4 Å². The lowest BCUT2D eigenvalue weighted by atomic mass is 10.1. The molecule has 1 aromatic heterocycles. The first-order chi connectivity index (χ1) is 13.7. The third kappa shape index (κ3) is 7.42. The van der Waals surface area contributed by atoms with E-state index in [4.69, 9.17) is 21.3 Å². The zero-order chi connectivity index (χ0) is 19.8. The fraction of sp³-hybridized carbons (Fsp3) is 0.550. The van der Waals surface area contributed by atoms with E-state index in [2.05, 4.69) is 45.3 Å². The lowest BCUT2D eigenvalue weighted by Gasteiger charge is -2.20. The van der Waals surface area contributed by atoms with Crippen LogP contribution in [0.5, 0.6) is 0 Å². The second-order valence-corrected chi connectivity index (χ2v) is 7.40. The molecule has 29 heavy (non-hydrogen) atoms. The Morgan fingerprint density at radius 2 is 2.31 bits per heavy atom. The molecule has 2 unspecified atom stereocenters. The smallest absolute Gasteiger partial charge is 0.191 e. The number of benzene rings is 1. The summed E-state index contributed by atoms with van der Waals surface area (Å²) < 4.78 is 7.76. The monoisotopic (exact) mass is 532 g/mol. The maximum absolute atomic E-state index is 6.14. The van der Waals surface area contributed by atoms with Gasteiger partial charge in [0.2, 0.25) is 0 Å². The van der Waals surface area contributed by atoms with E-state index in [1.807, 2.05) is 18.2 Å². The van der Waals surface area contributed by atoms with Crippen molar-refractivity contribution in [2.24, 2.45) is 4.99 Å². The van der Waals surface area contributed by atoms with Gasteiger partial charge in [-0.3, -0.25) is 4.99 Å². The molecule has 0 amide bonds. The molecule has 2 aromatic rings. The highest BCUT2D eigenvalue weighted by atomic mass is 127. The zero-order valence-electron chi connectivity index (χ0n) is 17.0. The molecule has 0 aliphatic carbocycles. The van der Waals surface area contributed by atoms with Gasteiger partial charge in [0.1, 0.15) is 12.2 Å². The van der Waals surface area contributed by atoms with Crippen molar-refractivity contribution in [2.75, 3.05) is 19.7 Å². The number of hydrogen-bond acceptors (Lipinski definition) is 4. The number of nitrogens with one attached hydrogen (secondary N) is 2. The summed E-state index contributed by atoms with van der Waals surface area (Å²) in [7, 11) is 0. The summed E-state index contributed by atoms with van der Waals surface area (Å²) >= 11 is 6.14. The van der Waals surface area contributed by atoms with Crippen LogP contribution in [-0.2, 0) is 17.7 Å². The summed E-state index contributed by atoms with van der Waals surface area (Å²) in [6.07, 6.45) is 5.03. The quantitative estimate of drug-likeness (QED) is 0.309. The first-order valence-electron chi connectivity index (χ1n) is 9.94. The maximum atomic E-state index is 6.14. The number of halogens is 2. The number of nitrogens with zero attached hydrogens (tertiary/aromatic N) is 4. The summed E-state index contributed by atoms with van der Waals surface area (Å²) in [6.45, 7) is 7.18. The molecule has 0 saturated carbocycles. The fourth-order valence-corrected chi connectivity index (χ4v) is 3.43. The van der Waals surface area contributed by atoms with E-state index in [0.717, 1.165) is 61.3 Å². The Bertz CT molecular complexity index is 778. The Labute approximate surface area is 194 Å². The number of aryl methyl sites for hydroxylation is 1. The van der Waals surface area contributed by atoms with Gasteiger partial charge in [-0.2, -0.15) is 0 Å². The van der Waals surface area contributed by atoms with Crippen LogP contribution in [0.15, 0.2) is 35.6 Å². The number of hydrogen-bond donors (Lipinski definition) is 2. The molecular formula is C20H30ClIN6O. The lowest BCUT2D eigenvalue weighted by Crippen LogP contribution is -2.40. The van der Waals surface area contributed by atoms with Gasteiger partial charge in [-0.1, -0.05) is 30.7 Å². The highest BCUT2D eigenvalue weighted by Gasteiger charge is 2.16. The second-order valence-electron chi connectivity index (χ2n) is 6.97. The molecule has 1 saturated heterocycles. The first-order valence-corrected chi connectivity index (χ1v) is 10.3. The minimum Gasteiger partial charge on any atom is -0.376 e. The largest absolute Gasteiger partial charge is 0.376 e. The molecule has 1 fully saturated rings. The van der Waals surface area contributed by atoms with Crippen molar-refractivity contribution in [3.05, 3.63) is 47.0 Å². The topological polar surface area (TPSA) is 76.4 Å². The van der Waals surface area contributed by atoms with Crippen LogP contribution in [0.3, 0.4) is 0 Å². The number of aliphatic imine (C=N–C) groups is 1. The van der Waals surface area contributed by atoms with Gasteiger partial charge >= 0.3 is 0 Å². The van der Waals surface area contributed by atoms with Gasteiger partial charge in [0.25, 0.3) is 0 Å². The molecule has 160 valence electrons. The van der Waals surface area contributed by atoms with E-state index in [1.165, 1.54) is 0 Å².